The third-order valence-corrected chi connectivity index (χ3v) is 2.47. The number of hydrogen-bond acceptors (Lipinski definition) is 5. The lowest BCUT2D eigenvalue weighted by molar-refractivity contribution is 0.108. The van der Waals surface area contributed by atoms with Gasteiger partial charge in [-0.25, -0.2) is 4.79 Å². The van der Waals surface area contributed by atoms with E-state index in [1.165, 1.54) is 0 Å². The zero-order chi connectivity index (χ0) is 10.7. The molecule has 0 bridgehead atoms. The quantitative estimate of drug-likeness (QED) is 0.843. The molecule has 1 heterocycles. The Balaban J connectivity index is 3.21. The van der Waals surface area contributed by atoms with Gasteiger partial charge in [-0.05, 0) is 5.75 Å². The first-order valence-electron chi connectivity index (χ1n) is 3.82. The maximum atomic E-state index is 11.4. The topological polar surface area (TPSA) is 73.3 Å². The lowest BCUT2D eigenvalue weighted by Crippen LogP contribution is -2.07. The molecule has 6 heteroatoms. The van der Waals surface area contributed by atoms with E-state index in [0.717, 1.165) is 17.8 Å². The van der Waals surface area contributed by atoms with Gasteiger partial charge in [0.2, 0.25) is 11.0 Å². The highest BCUT2D eigenvalue weighted by atomic mass is 35.5. The average molecular weight is 234 g/mol. The monoisotopic (exact) mass is 233 g/mol. The van der Waals surface area contributed by atoms with Crippen LogP contribution in [0.5, 0.6) is 0 Å². The highest BCUT2D eigenvalue weighted by molar-refractivity contribution is 8.14. The van der Waals surface area contributed by atoms with Crippen molar-refractivity contribution < 1.29 is 9.21 Å². The van der Waals surface area contributed by atoms with Crippen LogP contribution in [-0.4, -0.2) is 10.9 Å². The molecule has 4 nitrogen and oxygen atoms in total. The fraction of sp³-hybridized carbons (Fsp3) is 0.250. The number of anilines is 1. The Morgan fingerprint density at radius 2 is 2.36 bits per heavy atom. The molecule has 1 aromatic heterocycles. The van der Waals surface area contributed by atoms with Gasteiger partial charge in [-0.1, -0.05) is 30.3 Å². The summed E-state index contributed by atoms with van der Waals surface area (Å²) < 4.78 is 4.56. The van der Waals surface area contributed by atoms with Crippen LogP contribution in [0, 0.1) is 0 Å². The summed E-state index contributed by atoms with van der Waals surface area (Å²) in [6, 6.07) is 1.03. The molecule has 1 aromatic rings. The summed E-state index contributed by atoms with van der Waals surface area (Å²) in [5, 5.41) is -0.261. The van der Waals surface area contributed by atoms with Crippen molar-refractivity contribution in [3.05, 3.63) is 27.1 Å². The normalized spacial score (nSPS) is 10.1. The van der Waals surface area contributed by atoms with Gasteiger partial charge in [0, 0.05) is 6.07 Å². The first-order chi connectivity index (χ1) is 6.56. The molecule has 0 unspecified atom stereocenters. The lowest BCUT2D eigenvalue weighted by atomic mass is 10.3. The van der Waals surface area contributed by atoms with E-state index in [4.69, 9.17) is 17.3 Å². The van der Waals surface area contributed by atoms with Crippen molar-refractivity contribution in [1.82, 2.24) is 0 Å². The van der Waals surface area contributed by atoms with Gasteiger partial charge in [0.1, 0.15) is 5.56 Å². The number of rotatable bonds is 2. The van der Waals surface area contributed by atoms with Crippen LogP contribution < -0.4 is 11.4 Å². The minimum Gasteiger partial charge on any atom is -0.406 e. The minimum absolute atomic E-state index is 0.0321. The van der Waals surface area contributed by atoms with Crippen molar-refractivity contribution in [3.8, 4) is 0 Å². The first kappa shape index (κ1) is 11.1. The summed E-state index contributed by atoms with van der Waals surface area (Å²) >= 11 is 6.74. The molecule has 1 rings (SSSR count). The molecule has 76 valence electrons. The van der Waals surface area contributed by atoms with Crippen LogP contribution in [0.1, 0.15) is 17.3 Å². The minimum atomic E-state index is -0.662. The van der Waals surface area contributed by atoms with E-state index in [-0.39, 0.29) is 21.6 Å². The molecule has 0 saturated carbocycles. The van der Waals surface area contributed by atoms with E-state index >= 15 is 0 Å². The third-order valence-electron chi connectivity index (χ3n) is 1.42. The van der Waals surface area contributed by atoms with Crippen LogP contribution in [0.2, 0.25) is 5.02 Å². The van der Waals surface area contributed by atoms with Gasteiger partial charge in [0.05, 0.1) is 5.02 Å². The van der Waals surface area contributed by atoms with Gasteiger partial charge in [-0.2, -0.15) is 0 Å². The summed E-state index contributed by atoms with van der Waals surface area (Å²) in [5.41, 5.74) is 4.77. The van der Waals surface area contributed by atoms with E-state index in [2.05, 4.69) is 4.42 Å². The number of nitrogen functional groups attached to an aromatic ring is 1. The second-order valence-corrected chi connectivity index (χ2v) is 4.02. The van der Waals surface area contributed by atoms with Gasteiger partial charge < -0.3 is 10.2 Å². The summed E-state index contributed by atoms with van der Waals surface area (Å²) in [4.78, 5) is 22.2. The third kappa shape index (κ3) is 2.30. The van der Waals surface area contributed by atoms with Gasteiger partial charge in [0.25, 0.3) is 0 Å². The number of carbonyl (C=O) groups excluding carboxylic acids is 1. The van der Waals surface area contributed by atoms with Crippen molar-refractivity contribution in [3.63, 3.8) is 0 Å². The van der Waals surface area contributed by atoms with Crippen LogP contribution in [0.25, 0.3) is 0 Å². The van der Waals surface area contributed by atoms with Crippen molar-refractivity contribution in [2.45, 2.75) is 6.92 Å². The molecule has 0 aliphatic rings. The number of hydrogen-bond donors (Lipinski definition) is 1. The van der Waals surface area contributed by atoms with Crippen molar-refractivity contribution >= 4 is 34.4 Å². The molecule has 0 amide bonds. The number of thioether (sulfide) groups is 1. The van der Waals surface area contributed by atoms with Crippen molar-refractivity contribution in [2.24, 2.45) is 0 Å². The Kier molecular flexibility index (Phi) is 3.60. The fourth-order valence-corrected chi connectivity index (χ4v) is 1.82. The standard InChI is InChI=1S/C8H8ClNO3S/c1-2-14-8(12)6-4(9)3-5(11)13-7(6)10/h3H,2,10H2,1H3. The van der Waals surface area contributed by atoms with E-state index < -0.39 is 5.63 Å². The molecule has 0 spiro atoms. The van der Waals surface area contributed by atoms with Crippen molar-refractivity contribution in [1.29, 1.82) is 0 Å². The molecule has 14 heavy (non-hydrogen) atoms. The molecule has 0 saturated heterocycles. The second kappa shape index (κ2) is 4.52. The average Bonchev–Trinajstić information content (AvgIpc) is 2.01. The Hall–Kier alpha value is -0.940. The van der Waals surface area contributed by atoms with Crippen LogP contribution in [0.4, 0.5) is 5.88 Å². The maximum Gasteiger partial charge on any atom is 0.338 e. The number of carbonyl (C=O) groups is 1. The Morgan fingerprint density at radius 3 is 2.86 bits per heavy atom. The number of nitrogens with two attached hydrogens (primary N) is 1. The Labute approximate surface area is 89.4 Å². The zero-order valence-electron chi connectivity index (χ0n) is 7.37. The summed E-state index contributed by atoms with van der Waals surface area (Å²) in [7, 11) is 0. The molecule has 0 aliphatic carbocycles. The smallest absolute Gasteiger partial charge is 0.338 e. The Bertz CT molecular complexity index is 389. The first-order valence-corrected chi connectivity index (χ1v) is 5.18. The summed E-state index contributed by atoms with van der Waals surface area (Å²) in [6.07, 6.45) is 0. The highest BCUT2D eigenvalue weighted by Crippen LogP contribution is 2.24. The lowest BCUT2D eigenvalue weighted by Gasteiger charge is -2.02. The second-order valence-electron chi connectivity index (χ2n) is 2.37. The zero-order valence-corrected chi connectivity index (χ0v) is 8.95. The molecule has 0 fully saturated rings. The van der Waals surface area contributed by atoms with Crippen LogP contribution in [0.15, 0.2) is 15.3 Å². The Morgan fingerprint density at radius 1 is 1.71 bits per heavy atom. The summed E-state index contributed by atoms with van der Waals surface area (Å²) in [6.45, 7) is 1.83. The van der Waals surface area contributed by atoms with Gasteiger partial charge in [0.15, 0.2) is 0 Å². The van der Waals surface area contributed by atoms with E-state index in [9.17, 15) is 9.59 Å². The molecule has 0 radical (unpaired) electrons. The van der Waals surface area contributed by atoms with Crippen LogP contribution in [-0.2, 0) is 0 Å². The SMILES string of the molecule is CCSC(=O)c1c(Cl)cc(=O)oc1N. The molecule has 0 aliphatic heterocycles. The molecule has 0 aromatic carbocycles. The predicted octanol–water partition coefficient (Wildman–Crippen LogP) is 1.77. The largest absolute Gasteiger partial charge is 0.406 e. The molecule has 2 N–H and O–H groups in total. The van der Waals surface area contributed by atoms with Crippen molar-refractivity contribution in [2.75, 3.05) is 11.5 Å². The highest BCUT2D eigenvalue weighted by Gasteiger charge is 2.16. The molecule has 0 atom stereocenters. The van der Waals surface area contributed by atoms with Gasteiger partial charge in [-0.15, -0.1) is 0 Å². The van der Waals surface area contributed by atoms with Crippen LogP contribution in [0.3, 0.4) is 0 Å². The maximum absolute atomic E-state index is 11.4. The van der Waals surface area contributed by atoms with Gasteiger partial charge >= 0.3 is 5.63 Å². The summed E-state index contributed by atoms with van der Waals surface area (Å²) in [5.74, 6) is 0.377. The fourth-order valence-electron chi connectivity index (χ4n) is 0.884. The molecular formula is C8H8ClNO3S. The van der Waals surface area contributed by atoms with E-state index in [1.807, 2.05) is 6.92 Å². The van der Waals surface area contributed by atoms with E-state index in [0.29, 0.717) is 5.75 Å². The van der Waals surface area contributed by atoms with Crippen LogP contribution >= 0.6 is 23.4 Å². The van der Waals surface area contributed by atoms with E-state index in [1.54, 1.807) is 0 Å². The predicted molar refractivity (Wildman–Crippen MR) is 56.9 cm³/mol. The number of halogens is 1. The van der Waals surface area contributed by atoms with Gasteiger partial charge in [-0.3, -0.25) is 4.79 Å². The molecular weight excluding hydrogens is 226 g/mol.